The first-order chi connectivity index (χ1) is 10.9. The van der Waals surface area contributed by atoms with Crippen LogP contribution in [0.15, 0.2) is 47.5 Å². The smallest absolute Gasteiger partial charge is 0.324 e. The van der Waals surface area contributed by atoms with Crippen LogP contribution >= 0.6 is 0 Å². The second-order valence-corrected chi connectivity index (χ2v) is 5.29. The van der Waals surface area contributed by atoms with E-state index < -0.39 is 11.7 Å². The molecule has 0 aliphatic carbocycles. The van der Waals surface area contributed by atoms with Gasteiger partial charge in [-0.3, -0.25) is 9.79 Å². The molecule has 1 aliphatic heterocycles. The molecule has 0 spiro atoms. The maximum absolute atomic E-state index is 12.9. The average Bonchev–Trinajstić information content (AvgIpc) is 2.66. The number of anilines is 1. The summed E-state index contributed by atoms with van der Waals surface area (Å²) in [6.07, 6.45) is -4.43. The van der Waals surface area contributed by atoms with Gasteiger partial charge >= 0.3 is 6.18 Å². The van der Waals surface area contributed by atoms with E-state index in [1.165, 1.54) is 6.07 Å². The number of halogens is 3. The number of fused-ring (bicyclic) bond motifs is 1. The van der Waals surface area contributed by atoms with Crippen LogP contribution in [-0.4, -0.2) is 18.2 Å². The summed E-state index contributed by atoms with van der Waals surface area (Å²) in [5, 5.41) is 2.76. The molecule has 2 aromatic carbocycles. The fourth-order valence-corrected chi connectivity index (χ4v) is 2.54. The molecule has 0 aromatic heterocycles. The fraction of sp³-hybridized carbons (Fsp3) is 0.176. The van der Waals surface area contributed by atoms with E-state index in [0.29, 0.717) is 22.5 Å². The average molecular weight is 318 g/mol. The number of aryl methyl sites for hydroxylation is 1. The quantitative estimate of drug-likeness (QED) is 0.853. The van der Waals surface area contributed by atoms with Crippen LogP contribution in [0.3, 0.4) is 0 Å². The summed E-state index contributed by atoms with van der Waals surface area (Å²) >= 11 is 0. The van der Waals surface area contributed by atoms with Crippen LogP contribution in [0.5, 0.6) is 0 Å². The van der Waals surface area contributed by atoms with Gasteiger partial charge in [0, 0.05) is 11.1 Å². The first-order valence-electron chi connectivity index (χ1n) is 6.98. The highest BCUT2D eigenvalue weighted by atomic mass is 19.4. The lowest BCUT2D eigenvalue weighted by Gasteiger charge is -2.14. The molecule has 1 N–H and O–H groups in total. The van der Waals surface area contributed by atoms with Crippen LogP contribution in [0.4, 0.5) is 18.9 Å². The lowest BCUT2D eigenvalue weighted by Crippen LogP contribution is -2.14. The van der Waals surface area contributed by atoms with Crippen LogP contribution in [0.25, 0.3) is 0 Å². The van der Waals surface area contributed by atoms with Gasteiger partial charge in [-0.1, -0.05) is 30.3 Å². The predicted molar refractivity (Wildman–Crippen MR) is 81.8 cm³/mol. The van der Waals surface area contributed by atoms with Crippen molar-refractivity contribution in [1.29, 1.82) is 0 Å². The highest BCUT2D eigenvalue weighted by Gasteiger charge is 2.31. The van der Waals surface area contributed by atoms with Gasteiger partial charge in [0.05, 0.1) is 17.0 Å². The first-order valence-corrected chi connectivity index (χ1v) is 6.98. The van der Waals surface area contributed by atoms with Crippen LogP contribution in [0, 0.1) is 6.92 Å². The Labute approximate surface area is 130 Å². The van der Waals surface area contributed by atoms with Gasteiger partial charge in [0.1, 0.15) is 6.54 Å². The van der Waals surface area contributed by atoms with Gasteiger partial charge in [0.15, 0.2) is 0 Å². The Balaban J connectivity index is 2.17. The molecule has 1 amide bonds. The van der Waals surface area contributed by atoms with E-state index in [2.05, 4.69) is 10.3 Å². The highest BCUT2D eigenvalue weighted by Crippen LogP contribution is 2.31. The minimum atomic E-state index is -4.43. The predicted octanol–water partition coefficient (Wildman–Crippen LogP) is 3.80. The van der Waals surface area contributed by atoms with E-state index in [9.17, 15) is 18.0 Å². The monoisotopic (exact) mass is 318 g/mol. The lowest BCUT2D eigenvalue weighted by atomic mass is 9.97. The van der Waals surface area contributed by atoms with E-state index in [-0.39, 0.29) is 12.5 Å². The minimum absolute atomic E-state index is 0.125. The number of nitrogens with zero attached hydrogens (tertiary/aromatic N) is 1. The van der Waals surface area contributed by atoms with Crippen molar-refractivity contribution >= 4 is 17.3 Å². The first kappa shape index (κ1) is 15.3. The summed E-state index contributed by atoms with van der Waals surface area (Å²) in [5.74, 6) is -0.289. The molecule has 0 saturated heterocycles. The molecule has 3 rings (SSSR count). The second-order valence-electron chi connectivity index (χ2n) is 5.29. The summed E-state index contributed by atoms with van der Waals surface area (Å²) in [7, 11) is 0. The molecule has 6 heteroatoms. The van der Waals surface area contributed by atoms with Gasteiger partial charge in [-0.15, -0.1) is 0 Å². The van der Waals surface area contributed by atoms with Gasteiger partial charge in [-0.2, -0.15) is 13.2 Å². The normalized spacial score (nSPS) is 14.6. The molecular weight excluding hydrogens is 305 g/mol. The Hall–Kier alpha value is -2.63. The van der Waals surface area contributed by atoms with E-state index >= 15 is 0 Å². The van der Waals surface area contributed by atoms with Gasteiger partial charge in [0.2, 0.25) is 5.91 Å². The number of nitrogens with one attached hydrogen (secondary N) is 1. The van der Waals surface area contributed by atoms with E-state index in [1.54, 1.807) is 18.2 Å². The van der Waals surface area contributed by atoms with Crippen molar-refractivity contribution in [3.63, 3.8) is 0 Å². The maximum Gasteiger partial charge on any atom is 0.416 e. The summed E-state index contributed by atoms with van der Waals surface area (Å²) in [5.41, 5.74) is 2.02. The molecule has 0 unspecified atom stereocenters. The number of carbonyl (C=O) groups is 1. The molecular formula is C17H13F3N2O. The molecule has 1 aliphatic rings. The number of alkyl halides is 3. The molecule has 23 heavy (non-hydrogen) atoms. The molecule has 0 bridgehead atoms. The third-order valence-corrected chi connectivity index (χ3v) is 3.64. The SMILES string of the molecule is Cc1cccc2c1NC(=O)CN=C2c1cccc(C(F)(F)F)c1. The van der Waals surface area contributed by atoms with Crippen LogP contribution < -0.4 is 5.32 Å². The highest BCUT2D eigenvalue weighted by molar-refractivity contribution is 6.19. The maximum atomic E-state index is 12.9. The van der Waals surface area contributed by atoms with E-state index in [0.717, 1.165) is 17.7 Å². The second kappa shape index (κ2) is 5.53. The van der Waals surface area contributed by atoms with Crippen LogP contribution in [-0.2, 0) is 11.0 Å². The number of carbonyl (C=O) groups excluding carboxylic acids is 1. The van der Waals surface area contributed by atoms with Crippen LogP contribution in [0.1, 0.15) is 22.3 Å². The topological polar surface area (TPSA) is 41.5 Å². The number of amides is 1. The zero-order chi connectivity index (χ0) is 16.6. The third-order valence-electron chi connectivity index (χ3n) is 3.64. The zero-order valence-electron chi connectivity index (χ0n) is 12.2. The van der Waals surface area contributed by atoms with Crippen molar-refractivity contribution in [3.8, 4) is 0 Å². The summed E-state index contributed by atoms with van der Waals surface area (Å²) in [6.45, 7) is 1.70. The standard InChI is InChI=1S/C17H13F3N2O/c1-10-4-2-7-13-15(10)22-14(23)9-21-16(13)11-5-3-6-12(8-11)17(18,19)20/h2-8H,9H2,1H3,(H,22,23). The molecule has 2 aromatic rings. The molecule has 0 atom stereocenters. The number of para-hydroxylation sites is 1. The number of benzodiazepines with no additional fused rings is 1. The molecule has 0 radical (unpaired) electrons. The van der Waals surface area contributed by atoms with Crippen molar-refractivity contribution in [2.45, 2.75) is 13.1 Å². The summed E-state index contributed by atoms with van der Waals surface area (Å²) in [6, 6.07) is 10.3. The number of hydrogen-bond donors (Lipinski definition) is 1. The largest absolute Gasteiger partial charge is 0.416 e. The lowest BCUT2D eigenvalue weighted by molar-refractivity contribution is -0.137. The molecule has 1 heterocycles. The van der Waals surface area contributed by atoms with E-state index in [1.807, 2.05) is 13.0 Å². The number of rotatable bonds is 1. The van der Waals surface area contributed by atoms with Crippen molar-refractivity contribution in [1.82, 2.24) is 0 Å². The van der Waals surface area contributed by atoms with E-state index in [4.69, 9.17) is 0 Å². The number of aliphatic imine (C=N–C) groups is 1. The Morgan fingerprint density at radius 3 is 2.61 bits per heavy atom. The number of benzene rings is 2. The van der Waals surface area contributed by atoms with Crippen molar-refractivity contribution in [2.24, 2.45) is 4.99 Å². The Morgan fingerprint density at radius 2 is 1.87 bits per heavy atom. The zero-order valence-corrected chi connectivity index (χ0v) is 12.2. The van der Waals surface area contributed by atoms with Crippen LogP contribution in [0.2, 0.25) is 0 Å². The molecule has 0 fully saturated rings. The summed E-state index contributed by atoms with van der Waals surface area (Å²) in [4.78, 5) is 16.0. The minimum Gasteiger partial charge on any atom is -0.324 e. The molecule has 3 nitrogen and oxygen atoms in total. The van der Waals surface area contributed by atoms with Gasteiger partial charge in [-0.25, -0.2) is 0 Å². The summed E-state index contributed by atoms with van der Waals surface area (Å²) < 4.78 is 38.8. The molecule has 118 valence electrons. The fourth-order valence-electron chi connectivity index (χ4n) is 2.54. The van der Waals surface area contributed by atoms with Crippen molar-refractivity contribution in [3.05, 3.63) is 64.7 Å². The van der Waals surface area contributed by atoms with Gasteiger partial charge in [0.25, 0.3) is 0 Å². The molecule has 0 saturated carbocycles. The van der Waals surface area contributed by atoms with Crippen molar-refractivity contribution in [2.75, 3.05) is 11.9 Å². The Morgan fingerprint density at radius 1 is 1.13 bits per heavy atom. The van der Waals surface area contributed by atoms with Gasteiger partial charge < -0.3 is 5.32 Å². The number of hydrogen-bond acceptors (Lipinski definition) is 2. The Bertz CT molecular complexity index is 810. The Kier molecular flexibility index (Phi) is 3.67. The third kappa shape index (κ3) is 2.97. The van der Waals surface area contributed by atoms with Gasteiger partial charge in [-0.05, 0) is 24.6 Å². The van der Waals surface area contributed by atoms with Crippen molar-refractivity contribution < 1.29 is 18.0 Å².